The van der Waals surface area contributed by atoms with Crippen LogP contribution in [-0.2, 0) is 47.6 Å². The summed E-state index contributed by atoms with van der Waals surface area (Å²) in [5, 5.41) is 20.5. The molecule has 68 heavy (non-hydrogen) atoms. The summed E-state index contributed by atoms with van der Waals surface area (Å²) in [6.07, 6.45) is 2.39. The van der Waals surface area contributed by atoms with E-state index >= 15 is 0 Å². The van der Waals surface area contributed by atoms with Gasteiger partial charge < -0.3 is 49.5 Å². The fourth-order valence-electron chi connectivity index (χ4n) is 12.5. The van der Waals surface area contributed by atoms with Crippen LogP contribution in [0.4, 0.5) is 0 Å². The number of hydrogen-bond acceptors (Lipinski definition) is 14. The number of Topliss-reactive ketones (excluding diaryl/α,β-unsaturated/α-hetero) is 1. The van der Waals surface area contributed by atoms with Gasteiger partial charge in [0.1, 0.15) is 54.4 Å². The molecule has 14 nitrogen and oxygen atoms in total. The fourth-order valence-corrected chi connectivity index (χ4v) is 12.5. The highest BCUT2D eigenvalue weighted by atomic mass is 16.6. The smallest absolute Gasteiger partial charge is 0.325 e. The second-order valence-corrected chi connectivity index (χ2v) is 24.9. The van der Waals surface area contributed by atoms with E-state index in [9.17, 15) is 24.3 Å². The lowest BCUT2D eigenvalue weighted by Gasteiger charge is -2.69. The van der Waals surface area contributed by atoms with Gasteiger partial charge in [-0.25, -0.2) is 0 Å². The Morgan fingerprint density at radius 3 is 1.65 bits per heavy atom. The van der Waals surface area contributed by atoms with Crippen LogP contribution in [0, 0.1) is 39.4 Å². The molecular weight excluding hydrogens is 867 g/mol. The number of nitrogens with one attached hydrogen (secondary N) is 3. The van der Waals surface area contributed by atoms with E-state index in [-0.39, 0.29) is 77.7 Å². The SMILES string of the molecule is C=C(NCC(=O)O[C@@H](C[C@@H](C)C1=C2C[C@H](OC(=O)CNC(=C)OC(C)(C)C)[C@H]3[C@@]4(C)CCC(=O)C(C)(C)[C@@H]4CC[C@]3(C)[C@@]2(C)CC1)[C@@H](OC(=O)CNC(=C)OC(C)(C)C)C(C)(C)O)OC(C)(C)C. The minimum Gasteiger partial charge on any atom is -0.474 e. The van der Waals surface area contributed by atoms with Gasteiger partial charge in [0, 0.05) is 24.2 Å². The normalized spacial score (nSPS) is 28.3. The van der Waals surface area contributed by atoms with Crippen LogP contribution in [0.25, 0.3) is 0 Å². The third-order valence-corrected chi connectivity index (χ3v) is 15.2. The lowest BCUT2D eigenvalue weighted by Crippen LogP contribution is -2.66. The van der Waals surface area contributed by atoms with Gasteiger partial charge in [-0.1, -0.05) is 52.7 Å². The van der Waals surface area contributed by atoms with Crippen LogP contribution in [-0.4, -0.2) is 89.1 Å². The van der Waals surface area contributed by atoms with Crippen molar-refractivity contribution in [1.82, 2.24) is 16.0 Å². The van der Waals surface area contributed by atoms with E-state index in [4.69, 9.17) is 28.4 Å². The standard InChI is InChI=1S/C54H89N3O11/c1-32(27-39(64-43(60)30-56-34(3)67-48(8,9)10)46(51(16,17)62)65-44(61)31-57-35(4)68-49(11,12)13)36-21-25-53(19)37(36)28-38(63-42(59)29-55-33(2)66-47(5,6)7)45-52(18)24-23-41(58)50(14,15)40(52)22-26-54(45,53)20/h32,38-40,45-46,55-57,62H,2-4,21-31H2,1,5-20H3/t32-,38+,39+,40+,45+,46-,52+,53+,54+/m1/s1. The first-order chi connectivity index (χ1) is 30.8. The zero-order valence-corrected chi connectivity index (χ0v) is 44.9. The van der Waals surface area contributed by atoms with Crippen molar-refractivity contribution < 1.29 is 52.7 Å². The van der Waals surface area contributed by atoms with Gasteiger partial charge in [0.25, 0.3) is 0 Å². The van der Waals surface area contributed by atoms with Crippen molar-refractivity contribution in [2.75, 3.05) is 19.6 Å². The number of allylic oxidation sites excluding steroid dienone is 1. The predicted octanol–water partition coefficient (Wildman–Crippen LogP) is 9.07. The van der Waals surface area contributed by atoms with Crippen molar-refractivity contribution in [3.63, 3.8) is 0 Å². The van der Waals surface area contributed by atoms with E-state index in [0.29, 0.717) is 18.6 Å². The van der Waals surface area contributed by atoms with E-state index in [1.165, 1.54) is 25.0 Å². The largest absolute Gasteiger partial charge is 0.474 e. The number of hydrogen-bond donors (Lipinski definition) is 4. The Hall–Kier alpha value is -4.20. The second kappa shape index (κ2) is 20.3. The van der Waals surface area contributed by atoms with Gasteiger partial charge >= 0.3 is 17.9 Å². The summed E-state index contributed by atoms with van der Waals surface area (Å²) in [6, 6.07) is 0. The molecule has 0 unspecified atom stereocenters. The van der Waals surface area contributed by atoms with Crippen molar-refractivity contribution in [2.24, 2.45) is 39.4 Å². The number of carbonyl (C=O) groups is 4. The van der Waals surface area contributed by atoms with Crippen molar-refractivity contribution in [3.05, 3.63) is 48.5 Å². The summed E-state index contributed by atoms with van der Waals surface area (Å²) in [6.45, 7) is 44.3. The molecule has 0 saturated heterocycles. The summed E-state index contributed by atoms with van der Waals surface area (Å²) < 4.78 is 36.3. The van der Waals surface area contributed by atoms with Crippen LogP contribution >= 0.6 is 0 Å². The van der Waals surface area contributed by atoms with Gasteiger partial charge in [0.15, 0.2) is 23.8 Å². The monoisotopic (exact) mass is 956 g/mol. The molecule has 0 amide bonds. The molecule has 0 heterocycles. The Kier molecular flexibility index (Phi) is 16.8. The number of rotatable bonds is 20. The van der Waals surface area contributed by atoms with Gasteiger partial charge in [-0.15, -0.1) is 0 Å². The molecule has 14 heteroatoms. The number of carbonyl (C=O) groups excluding carboxylic acids is 4. The molecular formula is C54H89N3O11. The molecule has 0 aliphatic heterocycles. The van der Waals surface area contributed by atoms with Crippen LogP contribution in [0.15, 0.2) is 48.5 Å². The minimum atomic E-state index is -1.65. The summed E-state index contributed by atoms with van der Waals surface area (Å²) in [5.41, 5.74) is -2.27. The molecule has 4 aliphatic carbocycles. The van der Waals surface area contributed by atoms with Crippen molar-refractivity contribution in [1.29, 1.82) is 0 Å². The van der Waals surface area contributed by atoms with Crippen LogP contribution in [0.3, 0.4) is 0 Å². The minimum absolute atomic E-state index is 0.0433. The van der Waals surface area contributed by atoms with Gasteiger partial charge in [0.05, 0.1) is 5.60 Å². The zero-order chi connectivity index (χ0) is 51.8. The molecule has 0 aromatic heterocycles. The molecule has 4 aliphatic rings. The third kappa shape index (κ3) is 13.4. The first-order valence-electron chi connectivity index (χ1n) is 24.7. The zero-order valence-electron chi connectivity index (χ0n) is 44.9. The van der Waals surface area contributed by atoms with Crippen LogP contribution in [0.2, 0.25) is 0 Å². The molecule has 0 spiro atoms. The summed E-state index contributed by atoms with van der Waals surface area (Å²) in [7, 11) is 0. The Morgan fingerprint density at radius 1 is 0.706 bits per heavy atom. The summed E-state index contributed by atoms with van der Waals surface area (Å²) in [5.74, 6) is -1.000. The fraction of sp³-hybridized carbons (Fsp3) is 0.778. The van der Waals surface area contributed by atoms with Crippen LogP contribution < -0.4 is 16.0 Å². The molecule has 4 N–H and O–H groups in total. The quantitative estimate of drug-likeness (QED) is 0.0393. The van der Waals surface area contributed by atoms with Crippen LogP contribution in [0.5, 0.6) is 0 Å². The predicted molar refractivity (Wildman–Crippen MR) is 263 cm³/mol. The molecule has 3 fully saturated rings. The van der Waals surface area contributed by atoms with Gasteiger partial charge in [0.2, 0.25) is 0 Å². The molecule has 0 aromatic carbocycles. The summed E-state index contributed by atoms with van der Waals surface area (Å²) >= 11 is 0. The third-order valence-electron chi connectivity index (χ3n) is 15.2. The lowest BCUT2D eigenvalue weighted by molar-refractivity contribution is -0.217. The molecule has 0 aromatic rings. The highest BCUT2D eigenvalue weighted by molar-refractivity contribution is 5.85. The Morgan fingerprint density at radius 2 is 1.18 bits per heavy atom. The van der Waals surface area contributed by atoms with Gasteiger partial charge in [-0.3, -0.25) is 19.2 Å². The Balaban J connectivity index is 1.74. The van der Waals surface area contributed by atoms with Crippen molar-refractivity contribution in [3.8, 4) is 0 Å². The maximum absolute atomic E-state index is 14.0. The van der Waals surface area contributed by atoms with E-state index in [2.05, 4.69) is 77.2 Å². The van der Waals surface area contributed by atoms with Gasteiger partial charge in [-0.2, -0.15) is 0 Å². The van der Waals surface area contributed by atoms with E-state index < -0.39 is 64.0 Å². The van der Waals surface area contributed by atoms with Crippen molar-refractivity contribution in [2.45, 2.75) is 210 Å². The Labute approximate surface area is 408 Å². The first-order valence-corrected chi connectivity index (χ1v) is 24.7. The van der Waals surface area contributed by atoms with Gasteiger partial charge in [-0.05, 0) is 163 Å². The maximum Gasteiger partial charge on any atom is 0.325 e. The number of esters is 3. The lowest BCUT2D eigenvalue weighted by atomic mass is 9.36. The number of ketones is 1. The number of aliphatic hydroxyl groups is 1. The molecule has 3 saturated carbocycles. The highest BCUT2D eigenvalue weighted by Crippen LogP contribution is 2.74. The van der Waals surface area contributed by atoms with Crippen LogP contribution in [0.1, 0.15) is 169 Å². The number of ether oxygens (including phenoxy) is 6. The van der Waals surface area contributed by atoms with Crippen molar-refractivity contribution >= 4 is 23.7 Å². The molecule has 4 rings (SSSR count). The van der Waals surface area contributed by atoms with E-state index in [0.717, 1.165) is 32.1 Å². The molecule has 386 valence electrons. The van der Waals surface area contributed by atoms with E-state index in [1.807, 2.05) is 62.3 Å². The topological polar surface area (TPSA) is 180 Å². The second-order valence-electron chi connectivity index (χ2n) is 24.9. The average molecular weight is 956 g/mol. The maximum atomic E-state index is 14.0. The summed E-state index contributed by atoms with van der Waals surface area (Å²) in [4.78, 5) is 54.8. The molecule has 9 atom stereocenters. The molecule has 0 bridgehead atoms. The average Bonchev–Trinajstić information content (AvgIpc) is 3.51. The Bertz CT molecular complexity index is 1960. The van der Waals surface area contributed by atoms with E-state index in [1.54, 1.807) is 0 Å². The highest BCUT2D eigenvalue weighted by Gasteiger charge is 2.70. The molecule has 0 radical (unpaired) electrons. The number of fused-ring (bicyclic) bond motifs is 5. The first kappa shape index (κ1) is 56.4.